The molecule has 1 amide bonds. The van der Waals surface area contributed by atoms with E-state index in [0.717, 1.165) is 10.4 Å². The van der Waals surface area contributed by atoms with Crippen molar-refractivity contribution in [2.45, 2.75) is 26.3 Å². The second-order valence-electron chi connectivity index (χ2n) is 5.32. The van der Waals surface area contributed by atoms with Crippen LogP contribution in [0.5, 0.6) is 0 Å². The van der Waals surface area contributed by atoms with Crippen LogP contribution >= 0.6 is 11.3 Å². The summed E-state index contributed by atoms with van der Waals surface area (Å²) >= 11 is 1.55. The summed E-state index contributed by atoms with van der Waals surface area (Å²) in [5.74, 6) is -0.473. The number of fused-ring (bicyclic) bond motifs is 1. The van der Waals surface area contributed by atoms with Crippen molar-refractivity contribution in [3.8, 4) is 0 Å². The van der Waals surface area contributed by atoms with Gasteiger partial charge in [0, 0.05) is 22.7 Å². The largest absolute Gasteiger partial charge is 0.420 e. The number of nitrogens with one attached hydrogen (secondary N) is 1. The zero-order valence-electron chi connectivity index (χ0n) is 12.3. The molecule has 0 aliphatic heterocycles. The molecule has 0 atom stereocenters. The van der Waals surface area contributed by atoms with E-state index in [2.05, 4.69) is 5.32 Å². The maximum atomic E-state index is 12.0. The van der Waals surface area contributed by atoms with Crippen LogP contribution in [0.25, 0.3) is 11.1 Å². The molecule has 0 saturated carbocycles. The average Bonchev–Trinajstić information content (AvgIpc) is 3.04. The Hall–Kier alpha value is -2.34. The minimum Gasteiger partial charge on any atom is -0.408 e. The van der Waals surface area contributed by atoms with Gasteiger partial charge in [-0.2, -0.15) is 0 Å². The quantitative estimate of drug-likeness (QED) is 0.802. The Morgan fingerprint density at radius 2 is 2.18 bits per heavy atom. The Bertz CT molecular complexity index is 859. The van der Waals surface area contributed by atoms with Crippen LogP contribution in [0.2, 0.25) is 0 Å². The molecule has 3 rings (SSSR count). The normalized spacial score (nSPS) is 11.2. The van der Waals surface area contributed by atoms with Crippen molar-refractivity contribution in [1.82, 2.24) is 4.57 Å². The van der Waals surface area contributed by atoms with Crippen LogP contribution in [0.1, 0.15) is 24.8 Å². The number of nitrogens with zero attached hydrogens (tertiary/aromatic N) is 1. The highest BCUT2D eigenvalue weighted by atomic mass is 32.1. The number of rotatable bonds is 4. The van der Waals surface area contributed by atoms with Gasteiger partial charge in [-0.05, 0) is 37.4 Å². The lowest BCUT2D eigenvalue weighted by atomic mass is 10.2. The number of carbonyl (C=O) groups is 1. The molecule has 0 fully saturated rings. The Labute approximate surface area is 131 Å². The third-order valence-electron chi connectivity index (χ3n) is 3.33. The topological polar surface area (TPSA) is 64.2 Å². The van der Waals surface area contributed by atoms with E-state index in [1.54, 1.807) is 34.1 Å². The standard InChI is InChI=1S/C16H16N2O3S/c1-10(2)18-13-6-5-11(8-14(13)21-16(18)20)17-15(19)9-12-4-3-7-22-12/h3-8,10H,9H2,1-2H3,(H,17,19). The predicted octanol–water partition coefficient (Wildman–Crippen LogP) is 3.42. The molecule has 0 spiro atoms. The number of anilines is 1. The number of benzene rings is 1. The van der Waals surface area contributed by atoms with Crippen molar-refractivity contribution in [1.29, 1.82) is 0 Å². The Morgan fingerprint density at radius 1 is 1.36 bits per heavy atom. The molecule has 0 bridgehead atoms. The SMILES string of the molecule is CC(C)n1c(=O)oc2cc(NC(=O)Cc3cccs3)ccc21. The van der Waals surface area contributed by atoms with E-state index in [-0.39, 0.29) is 17.7 Å². The maximum Gasteiger partial charge on any atom is 0.420 e. The van der Waals surface area contributed by atoms with Gasteiger partial charge in [-0.15, -0.1) is 11.3 Å². The summed E-state index contributed by atoms with van der Waals surface area (Å²) in [5, 5.41) is 4.77. The van der Waals surface area contributed by atoms with Crippen molar-refractivity contribution in [2.24, 2.45) is 0 Å². The highest BCUT2D eigenvalue weighted by molar-refractivity contribution is 7.10. The minimum atomic E-state index is -0.382. The molecule has 22 heavy (non-hydrogen) atoms. The molecule has 0 unspecified atom stereocenters. The fraction of sp³-hybridized carbons (Fsp3) is 0.250. The first kappa shape index (κ1) is 14.6. The lowest BCUT2D eigenvalue weighted by molar-refractivity contribution is -0.115. The molecular weight excluding hydrogens is 300 g/mol. The number of aromatic nitrogens is 1. The molecule has 6 heteroatoms. The highest BCUT2D eigenvalue weighted by Gasteiger charge is 2.13. The van der Waals surface area contributed by atoms with Crippen LogP contribution in [0.15, 0.2) is 44.9 Å². The van der Waals surface area contributed by atoms with Gasteiger partial charge in [0.15, 0.2) is 5.58 Å². The summed E-state index contributed by atoms with van der Waals surface area (Å²) in [7, 11) is 0. The van der Waals surface area contributed by atoms with Crippen molar-refractivity contribution < 1.29 is 9.21 Å². The summed E-state index contributed by atoms with van der Waals surface area (Å²) in [6.45, 7) is 3.85. The van der Waals surface area contributed by atoms with E-state index in [9.17, 15) is 9.59 Å². The monoisotopic (exact) mass is 316 g/mol. The Balaban J connectivity index is 1.83. The third-order valence-corrected chi connectivity index (χ3v) is 4.20. The van der Waals surface area contributed by atoms with E-state index in [1.165, 1.54) is 0 Å². The van der Waals surface area contributed by atoms with Gasteiger partial charge in [0.1, 0.15) is 0 Å². The summed E-state index contributed by atoms with van der Waals surface area (Å²) in [6, 6.07) is 9.12. The second-order valence-corrected chi connectivity index (χ2v) is 6.35. The molecule has 3 aromatic rings. The number of oxazole rings is 1. The molecule has 2 heterocycles. The molecule has 0 radical (unpaired) electrons. The Kier molecular flexibility index (Phi) is 3.85. The molecule has 114 valence electrons. The summed E-state index contributed by atoms with van der Waals surface area (Å²) < 4.78 is 6.84. The molecule has 1 N–H and O–H groups in total. The van der Waals surface area contributed by atoms with Crippen LogP contribution in [-0.2, 0) is 11.2 Å². The molecule has 0 saturated heterocycles. The number of thiophene rings is 1. The van der Waals surface area contributed by atoms with Gasteiger partial charge < -0.3 is 9.73 Å². The fourth-order valence-electron chi connectivity index (χ4n) is 2.38. The lowest BCUT2D eigenvalue weighted by Gasteiger charge is -2.06. The maximum absolute atomic E-state index is 12.0. The number of hydrogen-bond donors (Lipinski definition) is 1. The van der Waals surface area contributed by atoms with Crippen LogP contribution in [-0.4, -0.2) is 10.5 Å². The van der Waals surface area contributed by atoms with Gasteiger partial charge in [0.05, 0.1) is 11.9 Å². The average molecular weight is 316 g/mol. The first-order chi connectivity index (χ1) is 10.5. The van der Waals surface area contributed by atoms with Crippen LogP contribution in [0.3, 0.4) is 0 Å². The summed E-state index contributed by atoms with van der Waals surface area (Å²) in [6.07, 6.45) is 0.340. The highest BCUT2D eigenvalue weighted by Crippen LogP contribution is 2.21. The smallest absolute Gasteiger partial charge is 0.408 e. The second kappa shape index (κ2) is 5.81. The summed E-state index contributed by atoms with van der Waals surface area (Å²) in [4.78, 5) is 24.8. The van der Waals surface area contributed by atoms with Gasteiger partial charge in [0.25, 0.3) is 0 Å². The van der Waals surface area contributed by atoms with E-state index in [1.807, 2.05) is 31.4 Å². The van der Waals surface area contributed by atoms with E-state index in [4.69, 9.17) is 4.42 Å². The zero-order valence-corrected chi connectivity index (χ0v) is 13.1. The number of amides is 1. The van der Waals surface area contributed by atoms with Crippen molar-refractivity contribution in [3.05, 3.63) is 51.1 Å². The van der Waals surface area contributed by atoms with E-state index in [0.29, 0.717) is 17.7 Å². The molecule has 5 nitrogen and oxygen atoms in total. The van der Waals surface area contributed by atoms with Crippen molar-refractivity contribution in [2.75, 3.05) is 5.32 Å². The molecular formula is C16H16N2O3S. The van der Waals surface area contributed by atoms with Crippen LogP contribution < -0.4 is 11.1 Å². The summed E-state index contributed by atoms with van der Waals surface area (Å²) in [5.41, 5.74) is 1.84. The van der Waals surface area contributed by atoms with Gasteiger partial charge in [-0.25, -0.2) is 4.79 Å². The van der Waals surface area contributed by atoms with E-state index < -0.39 is 0 Å². The molecule has 1 aromatic carbocycles. The molecule has 0 aliphatic rings. The predicted molar refractivity (Wildman–Crippen MR) is 87.5 cm³/mol. The molecule has 0 aliphatic carbocycles. The Morgan fingerprint density at radius 3 is 2.86 bits per heavy atom. The first-order valence-corrected chi connectivity index (χ1v) is 7.90. The lowest BCUT2D eigenvalue weighted by Crippen LogP contribution is -2.16. The van der Waals surface area contributed by atoms with Gasteiger partial charge in [-0.3, -0.25) is 9.36 Å². The van der Waals surface area contributed by atoms with Gasteiger partial charge in [-0.1, -0.05) is 6.07 Å². The van der Waals surface area contributed by atoms with Crippen LogP contribution in [0, 0.1) is 0 Å². The first-order valence-electron chi connectivity index (χ1n) is 7.02. The van der Waals surface area contributed by atoms with Crippen LogP contribution in [0.4, 0.5) is 5.69 Å². The third kappa shape index (κ3) is 2.82. The van der Waals surface area contributed by atoms with Gasteiger partial charge >= 0.3 is 5.76 Å². The fourth-order valence-corrected chi connectivity index (χ4v) is 3.08. The minimum absolute atomic E-state index is 0.0213. The van der Waals surface area contributed by atoms with Crippen molar-refractivity contribution in [3.63, 3.8) is 0 Å². The zero-order chi connectivity index (χ0) is 15.7. The van der Waals surface area contributed by atoms with E-state index >= 15 is 0 Å². The molecule has 2 aromatic heterocycles. The number of carbonyl (C=O) groups excluding carboxylic acids is 1. The van der Waals surface area contributed by atoms with Gasteiger partial charge in [0.2, 0.25) is 5.91 Å². The number of hydrogen-bond acceptors (Lipinski definition) is 4. The van der Waals surface area contributed by atoms with Crippen molar-refractivity contribution >= 4 is 34.0 Å².